The van der Waals surface area contributed by atoms with Gasteiger partial charge in [0.25, 0.3) is 10.0 Å². The number of esters is 1. The summed E-state index contributed by atoms with van der Waals surface area (Å²) in [6.45, 7) is 1.33. The predicted molar refractivity (Wildman–Crippen MR) is 170 cm³/mol. The number of aromatic carboxylic acids is 1. The zero-order valence-corrected chi connectivity index (χ0v) is 29.1. The number of benzene rings is 1. The Morgan fingerprint density at radius 1 is 1.16 bits per heavy atom. The van der Waals surface area contributed by atoms with Gasteiger partial charge in [-0.1, -0.05) is 11.6 Å². The fraction of sp³-hybridized carbons (Fsp3) is 0.308. The van der Waals surface area contributed by atoms with Crippen LogP contribution in [-0.4, -0.2) is 79.9 Å². The zero-order chi connectivity index (χ0) is 37.5. The summed E-state index contributed by atoms with van der Waals surface area (Å²) in [6, 6.07) is 1.89. The number of ether oxygens (including phenoxy) is 2. The van der Waals surface area contributed by atoms with Crippen molar-refractivity contribution >= 4 is 68.5 Å². The average Bonchev–Trinajstić information content (AvgIpc) is 3.63. The number of carbonyl (C=O) groups excluding carboxylic acids is 2. The number of anilines is 1. The van der Waals surface area contributed by atoms with Crippen molar-refractivity contribution in [3.8, 4) is 11.7 Å². The second-order valence-corrected chi connectivity index (χ2v) is 12.9. The average molecular weight is 786 g/mol. The van der Waals surface area contributed by atoms with Crippen LogP contribution in [0, 0.1) is 19.7 Å². The van der Waals surface area contributed by atoms with Crippen LogP contribution >= 0.6 is 34.5 Å². The van der Waals surface area contributed by atoms with Crippen molar-refractivity contribution in [1.82, 2.24) is 34.0 Å². The first-order valence-electron chi connectivity index (χ1n) is 13.6. The van der Waals surface area contributed by atoms with E-state index in [1.54, 1.807) is 11.6 Å². The number of carbonyl (C=O) groups is 3. The van der Waals surface area contributed by atoms with E-state index in [2.05, 4.69) is 25.4 Å². The van der Waals surface area contributed by atoms with Gasteiger partial charge in [-0.25, -0.2) is 36.5 Å². The van der Waals surface area contributed by atoms with Gasteiger partial charge in [0.05, 0.1) is 13.7 Å². The molecule has 0 saturated heterocycles. The highest BCUT2D eigenvalue weighted by Gasteiger charge is 2.27. The molecule has 1 atom stereocenters. The van der Waals surface area contributed by atoms with E-state index < -0.39 is 61.2 Å². The molecule has 3 N–H and O–H groups in total. The standard InChI is InChI=1S/C15H14Cl2F3N3O3.C11H11N5O6S2/c1-3-26-13(24)10(17)4-8-5-12(11(18)6-9(8)16)23-15(25)22(14(19)20)7(2)21-23;1-5-12-9(15-11(13-5)22-2)14-10(19)16-24(20,21)6-3-4-23-7(6)8(17)18/h5-6,10,14H,3-4H2,1-2H3;3-4H,1-2H3,(H,17,18)(H2,12,13,14,15,16,19). The zero-order valence-electron chi connectivity index (χ0n) is 26.0. The van der Waals surface area contributed by atoms with Gasteiger partial charge in [0.2, 0.25) is 5.95 Å². The molecule has 0 bridgehead atoms. The number of halogens is 5. The van der Waals surface area contributed by atoms with Crippen molar-refractivity contribution in [1.29, 1.82) is 0 Å². The molecule has 3 aromatic heterocycles. The van der Waals surface area contributed by atoms with Crippen molar-refractivity contribution in [3.05, 3.63) is 67.0 Å². The Labute approximate surface area is 294 Å². The number of hydrogen-bond donors (Lipinski definition) is 3. The lowest BCUT2D eigenvalue weighted by atomic mass is 10.1. The Morgan fingerprint density at radius 3 is 2.42 bits per heavy atom. The molecule has 4 aromatic rings. The van der Waals surface area contributed by atoms with E-state index in [1.807, 2.05) is 0 Å². The maximum absolute atomic E-state index is 14.2. The molecular formula is C26H25Cl2F3N8O9S2. The normalized spacial score (nSPS) is 11.7. The van der Waals surface area contributed by atoms with Gasteiger partial charge in [0, 0.05) is 11.4 Å². The molecule has 50 heavy (non-hydrogen) atoms. The molecule has 3 heterocycles. The highest BCUT2D eigenvalue weighted by atomic mass is 35.5. The van der Waals surface area contributed by atoms with Gasteiger partial charge >= 0.3 is 36.2 Å². The summed E-state index contributed by atoms with van der Waals surface area (Å²) in [6.07, 6.45) is -0.115. The number of sulfonamides is 1. The number of methoxy groups -OCH3 is 1. The Balaban J connectivity index is 0.000000271. The van der Waals surface area contributed by atoms with Crippen LogP contribution in [0.4, 0.5) is 23.9 Å². The number of aromatic nitrogens is 6. The summed E-state index contributed by atoms with van der Waals surface area (Å²) < 4.78 is 76.2. The molecule has 1 unspecified atom stereocenters. The summed E-state index contributed by atoms with van der Waals surface area (Å²) in [7, 11) is -3.06. The Morgan fingerprint density at radius 2 is 1.84 bits per heavy atom. The van der Waals surface area contributed by atoms with Gasteiger partial charge in [-0.3, -0.25) is 10.1 Å². The van der Waals surface area contributed by atoms with Crippen LogP contribution in [0.5, 0.6) is 6.01 Å². The van der Waals surface area contributed by atoms with Gasteiger partial charge in [0.15, 0.2) is 5.82 Å². The molecule has 0 fully saturated rings. The van der Waals surface area contributed by atoms with Crippen LogP contribution in [0.15, 0.2) is 33.3 Å². The van der Waals surface area contributed by atoms with Crippen LogP contribution in [0.2, 0.25) is 5.02 Å². The molecule has 0 aliphatic heterocycles. The largest absolute Gasteiger partial charge is 0.477 e. The lowest BCUT2D eigenvalue weighted by Crippen LogP contribution is -2.35. The number of nitrogens with zero attached hydrogens (tertiary/aromatic N) is 6. The number of thiophene rings is 1. The SMILES string of the molecule is CCOC(=O)C(Cl)Cc1cc(-n2nc(C)n(C(F)F)c2=O)c(F)cc1Cl.COc1nc(C)nc(NC(=O)NS(=O)(=O)c2ccsc2C(=O)O)n1. The molecule has 270 valence electrons. The summed E-state index contributed by atoms with van der Waals surface area (Å²) in [5, 5.41) is 14.9. The number of carboxylic acids is 1. The minimum atomic E-state index is -4.37. The first-order valence-corrected chi connectivity index (χ1v) is 16.7. The maximum Gasteiger partial charge on any atom is 0.355 e. The van der Waals surface area contributed by atoms with Crippen molar-refractivity contribution in [3.63, 3.8) is 0 Å². The number of amides is 2. The third-order valence-electron chi connectivity index (χ3n) is 5.94. The van der Waals surface area contributed by atoms with E-state index in [4.69, 9.17) is 37.8 Å². The van der Waals surface area contributed by atoms with Crippen LogP contribution in [0.1, 0.15) is 40.4 Å². The molecule has 0 aliphatic rings. The predicted octanol–water partition coefficient (Wildman–Crippen LogP) is 3.70. The van der Waals surface area contributed by atoms with Crippen LogP contribution < -0.4 is 20.5 Å². The minimum absolute atomic E-state index is 0.0424. The molecule has 0 spiro atoms. The number of alkyl halides is 3. The molecule has 4 rings (SSSR count). The van der Waals surface area contributed by atoms with Crippen LogP contribution in [-0.2, 0) is 26.0 Å². The van der Waals surface area contributed by atoms with E-state index in [1.165, 1.54) is 26.3 Å². The Hall–Kier alpha value is -4.80. The molecule has 0 saturated carbocycles. The monoisotopic (exact) mass is 784 g/mol. The number of urea groups is 1. The lowest BCUT2D eigenvalue weighted by molar-refractivity contribution is -0.142. The second-order valence-electron chi connectivity index (χ2n) is 9.38. The Kier molecular flexibility index (Phi) is 13.3. The van der Waals surface area contributed by atoms with Gasteiger partial charge in [-0.2, -0.15) is 28.4 Å². The molecule has 17 nitrogen and oxygen atoms in total. The fourth-order valence-electron chi connectivity index (χ4n) is 3.84. The van der Waals surface area contributed by atoms with Crippen LogP contribution in [0.25, 0.3) is 5.69 Å². The minimum Gasteiger partial charge on any atom is -0.477 e. The van der Waals surface area contributed by atoms with E-state index in [9.17, 15) is 40.8 Å². The third kappa shape index (κ3) is 9.67. The summed E-state index contributed by atoms with van der Waals surface area (Å²) in [5.74, 6) is -3.32. The highest BCUT2D eigenvalue weighted by molar-refractivity contribution is 7.90. The lowest BCUT2D eigenvalue weighted by Gasteiger charge is -2.12. The van der Waals surface area contributed by atoms with Gasteiger partial charge in [0.1, 0.15) is 32.5 Å². The second kappa shape index (κ2) is 16.7. The molecule has 0 radical (unpaired) electrons. The van der Waals surface area contributed by atoms with Gasteiger partial charge < -0.3 is 14.6 Å². The summed E-state index contributed by atoms with van der Waals surface area (Å²) >= 11 is 12.6. The summed E-state index contributed by atoms with van der Waals surface area (Å²) in [4.78, 5) is 56.9. The van der Waals surface area contributed by atoms with Crippen molar-refractivity contribution in [2.24, 2.45) is 0 Å². The van der Waals surface area contributed by atoms with E-state index in [0.717, 1.165) is 29.5 Å². The van der Waals surface area contributed by atoms with Crippen molar-refractivity contribution in [2.75, 3.05) is 19.0 Å². The van der Waals surface area contributed by atoms with E-state index in [0.29, 0.717) is 4.68 Å². The van der Waals surface area contributed by atoms with E-state index in [-0.39, 0.29) is 57.5 Å². The highest BCUT2D eigenvalue weighted by Crippen LogP contribution is 2.26. The number of aryl methyl sites for hydroxylation is 2. The Bertz CT molecular complexity index is 2080. The quantitative estimate of drug-likeness (QED) is 0.146. The van der Waals surface area contributed by atoms with Gasteiger partial charge in [-0.15, -0.1) is 28.0 Å². The smallest absolute Gasteiger partial charge is 0.355 e. The first-order chi connectivity index (χ1) is 23.4. The fourth-order valence-corrected chi connectivity index (χ4v) is 6.47. The first kappa shape index (κ1) is 39.6. The number of hydrogen-bond acceptors (Lipinski definition) is 13. The number of nitrogens with one attached hydrogen (secondary N) is 2. The topological polar surface area (TPSA) is 227 Å². The molecule has 2 amide bonds. The molecule has 0 aliphatic carbocycles. The molecule has 24 heteroatoms. The molecular weight excluding hydrogens is 760 g/mol. The van der Waals surface area contributed by atoms with Crippen molar-refractivity contribution in [2.45, 2.75) is 44.0 Å². The maximum atomic E-state index is 14.2. The van der Waals surface area contributed by atoms with Gasteiger partial charge in [-0.05, 0) is 49.9 Å². The van der Waals surface area contributed by atoms with Crippen LogP contribution in [0.3, 0.4) is 0 Å². The van der Waals surface area contributed by atoms with Crippen molar-refractivity contribution < 1.29 is 50.6 Å². The number of carboxylic acid groups (broad SMARTS) is 1. The third-order valence-corrected chi connectivity index (χ3v) is 9.03. The molecule has 1 aromatic carbocycles. The number of rotatable bonds is 11. The summed E-state index contributed by atoms with van der Waals surface area (Å²) in [5.41, 5.74) is -1.37. The van der Waals surface area contributed by atoms with E-state index >= 15 is 0 Å².